The van der Waals surface area contributed by atoms with Crippen LogP contribution in [0.4, 0.5) is 14.5 Å². The number of methoxy groups -OCH3 is 1. The lowest BCUT2D eigenvalue weighted by molar-refractivity contribution is -0.916. The average molecular weight is 347 g/mol. The van der Waals surface area contributed by atoms with Crippen molar-refractivity contribution in [2.45, 2.75) is 25.4 Å². The van der Waals surface area contributed by atoms with E-state index >= 15 is 0 Å². The van der Waals surface area contributed by atoms with E-state index < -0.39 is 11.6 Å². The maximum absolute atomic E-state index is 13.7. The van der Waals surface area contributed by atoms with E-state index in [1.807, 2.05) is 24.3 Å². The first-order valence-corrected chi connectivity index (χ1v) is 8.27. The first-order valence-electron chi connectivity index (χ1n) is 8.27. The van der Waals surface area contributed by atoms with Gasteiger partial charge in [0.1, 0.15) is 23.9 Å². The number of carbonyl (C=O) groups excluding carboxylic acids is 1. The van der Waals surface area contributed by atoms with Gasteiger partial charge in [-0.3, -0.25) is 4.79 Å². The highest BCUT2D eigenvalue weighted by atomic mass is 19.1. The van der Waals surface area contributed by atoms with Gasteiger partial charge in [-0.1, -0.05) is 0 Å². The average Bonchev–Trinajstić information content (AvgIpc) is 3.43. The quantitative estimate of drug-likeness (QED) is 0.806. The van der Waals surface area contributed by atoms with Crippen LogP contribution in [0.1, 0.15) is 18.4 Å². The Kier molecular flexibility index (Phi) is 5.28. The number of nitrogens with one attached hydrogen (secondary N) is 2. The van der Waals surface area contributed by atoms with Crippen LogP contribution in [0.3, 0.4) is 0 Å². The van der Waals surface area contributed by atoms with E-state index in [9.17, 15) is 13.6 Å². The molecule has 3 rings (SSSR count). The molecule has 1 saturated carbocycles. The van der Waals surface area contributed by atoms with Crippen molar-refractivity contribution >= 4 is 11.6 Å². The van der Waals surface area contributed by atoms with E-state index in [4.69, 9.17) is 4.74 Å². The summed E-state index contributed by atoms with van der Waals surface area (Å²) in [7, 11) is 1.62. The largest absolute Gasteiger partial charge is 0.497 e. The summed E-state index contributed by atoms with van der Waals surface area (Å²) in [6.45, 7) is 0.917. The number of benzene rings is 2. The van der Waals surface area contributed by atoms with Crippen molar-refractivity contribution in [2.75, 3.05) is 19.0 Å². The van der Waals surface area contributed by atoms with Gasteiger partial charge < -0.3 is 15.0 Å². The third-order valence-electron chi connectivity index (χ3n) is 4.34. The van der Waals surface area contributed by atoms with Gasteiger partial charge in [0.15, 0.2) is 6.54 Å². The summed E-state index contributed by atoms with van der Waals surface area (Å²) in [6.07, 6.45) is 2.15. The SMILES string of the molecule is COc1ccc(C[NH+](CC(=O)Nc2cc(F)ccc2F)C2CC2)cc1. The minimum absolute atomic E-state index is 0.121. The molecule has 0 aliphatic heterocycles. The highest BCUT2D eigenvalue weighted by Crippen LogP contribution is 2.17. The zero-order chi connectivity index (χ0) is 17.8. The topological polar surface area (TPSA) is 42.8 Å². The molecular formula is C19H21F2N2O2+. The first-order chi connectivity index (χ1) is 12.0. The number of ether oxygens (including phenoxy) is 1. The molecule has 1 fully saturated rings. The third kappa shape index (κ3) is 4.76. The summed E-state index contributed by atoms with van der Waals surface area (Å²) in [6, 6.07) is 11.2. The highest BCUT2D eigenvalue weighted by Gasteiger charge is 2.34. The smallest absolute Gasteiger partial charge is 0.279 e. The zero-order valence-electron chi connectivity index (χ0n) is 14.0. The van der Waals surface area contributed by atoms with Crippen LogP contribution >= 0.6 is 0 Å². The van der Waals surface area contributed by atoms with E-state index in [2.05, 4.69) is 5.32 Å². The molecule has 1 unspecified atom stereocenters. The predicted molar refractivity (Wildman–Crippen MR) is 90.5 cm³/mol. The lowest BCUT2D eigenvalue weighted by atomic mass is 10.2. The number of quaternary nitrogens is 1. The number of rotatable bonds is 7. The Morgan fingerprint density at radius 1 is 1.20 bits per heavy atom. The lowest BCUT2D eigenvalue weighted by Crippen LogP contribution is -3.13. The van der Waals surface area contributed by atoms with Crippen LogP contribution in [-0.2, 0) is 11.3 Å². The number of anilines is 1. The molecule has 4 nitrogen and oxygen atoms in total. The van der Waals surface area contributed by atoms with Crippen molar-refractivity contribution in [3.05, 3.63) is 59.7 Å². The van der Waals surface area contributed by atoms with Crippen molar-refractivity contribution < 1.29 is 23.2 Å². The number of carbonyl (C=O) groups is 1. The van der Waals surface area contributed by atoms with Crippen molar-refractivity contribution in [3.8, 4) is 5.75 Å². The van der Waals surface area contributed by atoms with Crippen molar-refractivity contribution in [1.29, 1.82) is 0 Å². The maximum Gasteiger partial charge on any atom is 0.279 e. The molecule has 1 aliphatic rings. The van der Waals surface area contributed by atoms with Crippen molar-refractivity contribution in [2.24, 2.45) is 0 Å². The number of halogens is 2. The van der Waals surface area contributed by atoms with E-state index in [1.165, 1.54) is 0 Å². The fraction of sp³-hybridized carbons (Fsp3) is 0.316. The molecule has 0 aromatic heterocycles. The van der Waals surface area contributed by atoms with Gasteiger partial charge in [-0.25, -0.2) is 8.78 Å². The van der Waals surface area contributed by atoms with E-state index in [0.717, 1.165) is 47.3 Å². The van der Waals surface area contributed by atoms with Crippen molar-refractivity contribution in [3.63, 3.8) is 0 Å². The fourth-order valence-electron chi connectivity index (χ4n) is 2.84. The maximum atomic E-state index is 13.7. The summed E-state index contributed by atoms with van der Waals surface area (Å²) >= 11 is 0. The Bertz CT molecular complexity index is 746. The van der Waals surface area contributed by atoms with Gasteiger partial charge in [0.05, 0.1) is 18.8 Å². The highest BCUT2D eigenvalue weighted by molar-refractivity contribution is 5.91. The molecule has 1 amide bonds. The monoisotopic (exact) mass is 347 g/mol. The standard InChI is InChI=1S/C19H20F2N2O2/c1-25-16-7-2-13(3-8-16)11-23(15-5-6-15)12-19(24)22-18-10-14(20)4-9-17(18)21/h2-4,7-10,15H,5-6,11-12H2,1H3,(H,22,24)/p+1. The van der Waals surface area contributed by atoms with E-state index in [-0.39, 0.29) is 18.1 Å². The van der Waals surface area contributed by atoms with E-state index in [0.29, 0.717) is 12.6 Å². The Balaban J connectivity index is 1.63. The van der Waals surface area contributed by atoms with Gasteiger partial charge in [0.25, 0.3) is 5.91 Å². The second-order valence-electron chi connectivity index (χ2n) is 6.31. The van der Waals surface area contributed by atoms with Crippen LogP contribution in [0.5, 0.6) is 5.75 Å². The van der Waals surface area contributed by atoms with Gasteiger partial charge >= 0.3 is 0 Å². The van der Waals surface area contributed by atoms with Gasteiger partial charge in [-0.15, -0.1) is 0 Å². The molecule has 6 heteroatoms. The fourth-order valence-corrected chi connectivity index (χ4v) is 2.84. The molecule has 1 aliphatic carbocycles. The minimum Gasteiger partial charge on any atom is -0.497 e. The summed E-state index contributed by atoms with van der Waals surface area (Å²) in [5.41, 5.74) is 0.983. The summed E-state index contributed by atoms with van der Waals surface area (Å²) in [5.74, 6) is -0.754. The van der Waals surface area contributed by atoms with Crippen molar-refractivity contribution in [1.82, 2.24) is 0 Å². The summed E-state index contributed by atoms with van der Waals surface area (Å²) in [5, 5.41) is 2.47. The molecule has 0 bridgehead atoms. The Morgan fingerprint density at radius 3 is 2.56 bits per heavy atom. The van der Waals surface area contributed by atoms with Crippen LogP contribution in [0.25, 0.3) is 0 Å². The number of hydrogen-bond donors (Lipinski definition) is 2. The van der Waals surface area contributed by atoms with Crippen LogP contribution in [-0.4, -0.2) is 25.6 Å². The molecule has 2 aromatic carbocycles. The minimum atomic E-state index is -0.641. The molecule has 25 heavy (non-hydrogen) atoms. The molecule has 0 radical (unpaired) electrons. The molecule has 0 spiro atoms. The molecule has 1 atom stereocenters. The van der Waals surface area contributed by atoms with Crippen LogP contribution in [0, 0.1) is 11.6 Å². The number of hydrogen-bond acceptors (Lipinski definition) is 2. The Labute approximate surface area is 145 Å². The second kappa shape index (κ2) is 7.61. The molecular weight excluding hydrogens is 326 g/mol. The first kappa shape index (κ1) is 17.4. The summed E-state index contributed by atoms with van der Waals surface area (Å²) in [4.78, 5) is 13.4. The molecule has 132 valence electrons. The predicted octanol–water partition coefficient (Wildman–Crippen LogP) is 2.16. The van der Waals surface area contributed by atoms with Gasteiger partial charge in [0, 0.05) is 24.5 Å². The Hall–Kier alpha value is -2.47. The van der Waals surface area contributed by atoms with Gasteiger partial charge in [0.2, 0.25) is 0 Å². The van der Waals surface area contributed by atoms with E-state index in [1.54, 1.807) is 7.11 Å². The molecule has 2 N–H and O–H groups in total. The van der Waals surface area contributed by atoms with Crippen LogP contribution in [0.2, 0.25) is 0 Å². The third-order valence-corrected chi connectivity index (χ3v) is 4.34. The molecule has 0 heterocycles. The second-order valence-corrected chi connectivity index (χ2v) is 6.31. The zero-order valence-corrected chi connectivity index (χ0v) is 14.0. The molecule has 2 aromatic rings. The normalized spacial score (nSPS) is 14.8. The summed E-state index contributed by atoms with van der Waals surface area (Å²) < 4.78 is 32.0. The van der Waals surface area contributed by atoms with Crippen LogP contribution in [0.15, 0.2) is 42.5 Å². The van der Waals surface area contributed by atoms with Crippen LogP contribution < -0.4 is 15.0 Å². The van der Waals surface area contributed by atoms with Gasteiger partial charge in [-0.05, 0) is 36.4 Å². The number of amides is 1. The van der Waals surface area contributed by atoms with Gasteiger partial charge in [-0.2, -0.15) is 0 Å². The Morgan fingerprint density at radius 2 is 1.92 bits per heavy atom. The lowest BCUT2D eigenvalue weighted by Gasteiger charge is -2.19. The molecule has 0 saturated heterocycles.